The fourth-order valence-corrected chi connectivity index (χ4v) is 7.21. The van der Waals surface area contributed by atoms with Crippen molar-refractivity contribution in [3.05, 3.63) is 125 Å². The second-order valence-corrected chi connectivity index (χ2v) is 16.0. The van der Waals surface area contributed by atoms with Crippen LogP contribution in [0.3, 0.4) is 0 Å². The van der Waals surface area contributed by atoms with Crippen molar-refractivity contribution in [1.82, 2.24) is 0 Å². The van der Waals surface area contributed by atoms with Gasteiger partial charge in [-0.15, -0.1) is 11.1 Å². The average Bonchev–Trinajstić information content (AvgIpc) is 3.65. The zero-order valence-electron chi connectivity index (χ0n) is 27.7. The molecule has 0 saturated heterocycles. The van der Waals surface area contributed by atoms with Crippen molar-refractivity contribution >= 4 is 3.21 Å². The molecule has 44 heavy (non-hydrogen) atoms. The van der Waals surface area contributed by atoms with Gasteiger partial charge in [0.05, 0.1) is 0 Å². The zero-order chi connectivity index (χ0) is 30.2. The summed E-state index contributed by atoms with van der Waals surface area (Å²) in [6, 6.07) is 36.1. The summed E-state index contributed by atoms with van der Waals surface area (Å²) in [5.74, 6) is 1.01. The summed E-state index contributed by atoms with van der Waals surface area (Å²) in [5.41, 5.74) is 10.2. The van der Waals surface area contributed by atoms with Crippen molar-refractivity contribution in [2.24, 2.45) is 5.92 Å². The predicted octanol–water partition coefficient (Wildman–Crippen LogP) is 4.99. The van der Waals surface area contributed by atoms with E-state index in [2.05, 4.69) is 108 Å². The molecule has 0 radical (unpaired) electrons. The first-order valence-corrected chi connectivity index (χ1v) is 17.2. The summed E-state index contributed by atoms with van der Waals surface area (Å²) in [5, 5.41) is 0. The minimum atomic E-state index is 0. The van der Waals surface area contributed by atoms with Crippen molar-refractivity contribution in [3.63, 3.8) is 0 Å². The SMILES string of the molecule is CC(C)(C)c1[c-]c2c(cc1)-c1ccc(C(C)(C)C)cc1C2.[Cl-].[Cl-].[Zr+2]=[C](Cc1ccccc1)CC1CCCCC1.c1cc[cH-]c1. The van der Waals surface area contributed by atoms with Crippen LogP contribution in [-0.4, -0.2) is 3.21 Å². The Labute approximate surface area is 296 Å². The molecule has 0 nitrogen and oxygen atoms in total. The molecule has 2 aliphatic carbocycles. The van der Waals surface area contributed by atoms with E-state index in [1.807, 2.05) is 30.3 Å². The van der Waals surface area contributed by atoms with Gasteiger partial charge in [-0.1, -0.05) is 65.3 Å². The number of hydrogen-bond acceptors (Lipinski definition) is 0. The average molecular weight is 705 g/mol. The van der Waals surface area contributed by atoms with Gasteiger partial charge in [-0.3, -0.25) is 0 Å². The van der Waals surface area contributed by atoms with Gasteiger partial charge in [-0.25, -0.2) is 12.1 Å². The quantitative estimate of drug-likeness (QED) is 0.232. The minimum Gasteiger partial charge on any atom is -0.214 e. The summed E-state index contributed by atoms with van der Waals surface area (Å²) >= 11 is 1.65. The first-order chi connectivity index (χ1) is 20.0. The van der Waals surface area contributed by atoms with E-state index in [0.29, 0.717) is 0 Å². The molecule has 0 spiro atoms. The van der Waals surface area contributed by atoms with Gasteiger partial charge in [0.1, 0.15) is 0 Å². The van der Waals surface area contributed by atoms with Crippen molar-refractivity contribution in [3.8, 4) is 11.1 Å². The molecule has 1 fully saturated rings. The molecule has 6 rings (SSSR count). The summed E-state index contributed by atoms with van der Waals surface area (Å²) in [4.78, 5) is 0. The third-order valence-corrected chi connectivity index (χ3v) is 9.48. The third kappa shape index (κ3) is 11.6. The molecule has 0 atom stereocenters. The molecule has 4 aromatic rings. The third-order valence-electron chi connectivity index (χ3n) is 8.54. The van der Waals surface area contributed by atoms with Gasteiger partial charge < -0.3 is 24.8 Å². The smallest absolute Gasteiger partial charge is 0.172 e. The molecule has 1 saturated carbocycles. The monoisotopic (exact) mass is 702 g/mol. The molecule has 0 bridgehead atoms. The molecule has 0 unspecified atom stereocenters. The van der Waals surface area contributed by atoms with E-state index in [0.717, 1.165) is 12.3 Å². The first kappa shape index (κ1) is 38.5. The molecule has 3 heteroatoms. The van der Waals surface area contributed by atoms with Gasteiger partial charge in [0, 0.05) is 0 Å². The molecule has 234 valence electrons. The van der Waals surface area contributed by atoms with Crippen molar-refractivity contribution < 1.29 is 49.0 Å². The fraction of sp³-hybridized carbons (Fsp3) is 0.415. The molecule has 0 aromatic heterocycles. The maximum absolute atomic E-state index is 3.67. The second-order valence-electron chi connectivity index (χ2n) is 14.2. The number of benzene rings is 3. The summed E-state index contributed by atoms with van der Waals surface area (Å²) in [6.45, 7) is 13.6. The Hall–Kier alpha value is -1.66. The first-order valence-electron chi connectivity index (χ1n) is 16.0. The van der Waals surface area contributed by atoms with Crippen LogP contribution in [-0.2, 0) is 47.9 Å². The summed E-state index contributed by atoms with van der Waals surface area (Å²) in [7, 11) is 0. The van der Waals surface area contributed by atoms with E-state index in [-0.39, 0.29) is 35.6 Å². The van der Waals surface area contributed by atoms with E-state index < -0.39 is 0 Å². The zero-order valence-corrected chi connectivity index (χ0v) is 31.6. The Kier molecular flexibility index (Phi) is 15.7. The van der Waals surface area contributed by atoms with E-state index >= 15 is 0 Å². The van der Waals surface area contributed by atoms with E-state index in [1.165, 1.54) is 83.9 Å². The van der Waals surface area contributed by atoms with Gasteiger partial charge in [-0.2, -0.15) is 42.0 Å². The Balaban J connectivity index is 0.000000260. The van der Waals surface area contributed by atoms with Crippen LogP contribution in [0.2, 0.25) is 0 Å². The molecular weight excluding hydrogens is 655 g/mol. The van der Waals surface area contributed by atoms with Gasteiger partial charge in [-0.05, 0) is 28.4 Å². The van der Waals surface area contributed by atoms with Crippen molar-refractivity contribution in [2.75, 3.05) is 0 Å². The van der Waals surface area contributed by atoms with Crippen LogP contribution in [0.5, 0.6) is 0 Å². The van der Waals surface area contributed by atoms with Crippen LogP contribution in [0.1, 0.15) is 108 Å². The van der Waals surface area contributed by atoms with Crippen LogP contribution >= 0.6 is 0 Å². The van der Waals surface area contributed by atoms with Crippen LogP contribution < -0.4 is 24.8 Å². The molecule has 2 aliphatic rings. The van der Waals surface area contributed by atoms with Crippen molar-refractivity contribution in [1.29, 1.82) is 0 Å². The van der Waals surface area contributed by atoms with E-state index in [9.17, 15) is 0 Å². The largest absolute Gasteiger partial charge is 0.214 e. The van der Waals surface area contributed by atoms with Gasteiger partial charge in [0.2, 0.25) is 0 Å². The Morgan fingerprint density at radius 1 is 0.773 bits per heavy atom. The number of hydrogen-bond donors (Lipinski definition) is 0. The fourth-order valence-electron chi connectivity index (χ4n) is 6.00. The van der Waals surface area contributed by atoms with E-state index in [4.69, 9.17) is 0 Å². The second kappa shape index (κ2) is 17.9. The van der Waals surface area contributed by atoms with Gasteiger partial charge in [0.15, 0.2) is 0 Å². The number of fused-ring (bicyclic) bond motifs is 3. The van der Waals surface area contributed by atoms with Crippen LogP contribution in [0, 0.1) is 12.0 Å². The molecule has 0 N–H and O–H groups in total. The Morgan fingerprint density at radius 3 is 1.98 bits per heavy atom. The minimum absolute atomic E-state index is 0. The molecule has 0 aliphatic heterocycles. The van der Waals surface area contributed by atoms with E-state index in [1.54, 1.807) is 27.4 Å². The van der Waals surface area contributed by atoms with Crippen LogP contribution in [0.4, 0.5) is 0 Å². The number of halogens is 2. The Bertz CT molecular complexity index is 1320. The van der Waals surface area contributed by atoms with Crippen LogP contribution in [0.25, 0.3) is 11.1 Å². The predicted molar refractivity (Wildman–Crippen MR) is 179 cm³/mol. The normalized spacial score (nSPS) is 13.9. The maximum Gasteiger partial charge on any atom is -0.172 e. The molecule has 0 amide bonds. The summed E-state index contributed by atoms with van der Waals surface area (Å²) < 4.78 is 1.75. The topological polar surface area (TPSA) is 0 Å². The maximum atomic E-state index is 3.67. The molecule has 0 heterocycles. The van der Waals surface area contributed by atoms with Crippen molar-refractivity contribution in [2.45, 2.75) is 104 Å². The molecular formula is C41H50Cl2Zr-2. The van der Waals surface area contributed by atoms with Gasteiger partial charge >= 0.3 is 114 Å². The van der Waals surface area contributed by atoms with Gasteiger partial charge in [0.25, 0.3) is 0 Å². The Morgan fingerprint density at radius 2 is 1.41 bits per heavy atom. The van der Waals surface area contributed by atoms with Crippen LogP contribution in [0.15, 0.2) is 91.0 Å². The number of rotatable bonds is 4. The summed E-state index contributed by atoms with van der Waals surface area (Å²) in [6.07, 6.45) is 11.0. The molecule has 4 aromatic carbocycles. The standard InChI is InChI=1S/C21H25.C15H20.C5H5.2ClH.Zr/c1-20(2,3)16-7-9-18-14(12-16)11-15-13-17(21(4,5)6)8-10-19(15)18;1-3-8-14(9-4-1)12-7-13-15-10-5-2-6-11-15;1-2-4-5-3-1;;;/h7-10,12H,11H2,1-6H3;1,3-4,8-9,15H,2,5-6,10-13H2;1-5H;2*1H;/q-1;;-1;;;+2/p-2.